The van der Waals surface area contributed by atoms with Crippen LogP contribution in [0, 0.1) is 10.1 Å². The quantitative estimate of drug-likeness (QED) is 0.598. The van der Waals surface area contributed by atoms with Gasteiger partial charge < -0.3 is 5.32 Å². The number of hydrogen-bond acceptors (Lipinski definition) is 3. The van der Waals surface area contributed by atoms with Crippen molar-refractivity contribution in [1.29, 1.82) is 0 Å². The van der Waals surface area contributed by atoms with E-state index in [1.54, 1.807) is 18.2 Å². The van der Waals surface area contributed by atoms with Gasteiger partial charge in [-0.1, -0.05) is 24.3 Å². The first-order valence-corrected chi connectivity index (χ1v) is 7.53. The molecule has 2 aromatic carbocycles. The van der Waals surface area contributed by atoms with Crippen molar-refractivity contribution in [3.63, 3.8) is 0 Å². The molecule has 0 saturated heterocycles. The maximum atomic E-state index is 10.9. The van der Waals surface area contributed by atoms with Crippen LogP contribution in [0.4, 0.5) is 5.69 Å². The van der Waals surface area contributed by atoms with Crippen molar-refractivity contribution in [2.75, 3.05) is 0 Å². The van der Waals surface area contributed by atoms with Crippen molar-refractivity contribution in [2.45, 2.75) is 13.1 Å². The molecule has 0 aromatic heterocycles. The number of benzene rings is 2. The molecule has 20 heavy (non-hydrogen) atoms. The number of para-hydroxylation sites is 1. The average Bonchev–Trinajstić information content (AvgIpc) is 2.43. The van der Waals surface area contributed by atoms with Crippen LogP contribution in [0.2, 0.25) is 0 Å². The minimum Gasteiger partial charge on any atom is -0.308 e. The third kappa shape index (κ3) is 3.88. The third-order valence-corrected chi connectivity index (χ3v) is 4.70. The predicted octanol–water partition coefficient (Wildman–Crippen LogP) is 4.41. The molecule has 0 spiro atoms. The lowest BCUT2D eigenvalue weighted by Crippen LogP contribution is -2.13. The van der Waals surface area contributed by atoms with Crippen LogP contribution in [0.3, 0.4) is 0 Å². The van der Waals surface area contributed by atoms with Crippen molar-refractivity contribution in [2.24, 2.45) is 0 Å². The van der Waals surface area contributed by atoms with Gasteiger partial charge in [0.2, 0.25) is 0 Å². The van der Waals surface area contributed by atoms with Crippen LogP contribution >= 0.6 is 31.9 Å². The second-order valence-corrected chi connectivity index (χ2v) is 5.95. The van der Waals surface area contributed by atoms with Crippen LogP contribution in [0.25, 0.3) is 0 Å². The molecule has 0 saturated carbocycles. The highest BCUT2D eigenvalue weighted by atomic mass is 79.9. The molecule has 0 bridgehead atoms. The normalized spacial score (nSPS) is 10.5. The Morgan fingerprint density at radius 1 is 1.05 bits per heavy atom. The highest BCUT2D eigenvalue weighted by Gasteiger charge is 2.11. The van der Waals surface area contributed by atoms with Crippen LogP contribution in [-0.2, 0) is 13.1 Å². The SMILES string of the molecule is O=[N+]([O-])c1ccccc1CNCc1ccc(Br)c(Br)c1. The van der Waals surface area contributed by atoms with Gasteiger partial charge in [-0.05, 0) is 49.6 Å². The molecule has 6 heteroatoms. The van der Waals surface area contributed by atoms with Gasteiger partial charge in [0.25, 0.3) is 5.69 Å². The van der Waals surface area contributed by atoms with Crippen molar-refractivity contribution in [1.82, 2.24) is 5.32 Å². The lowest BCUT2D eigenvalue weighted by Gasteiger charge is -2.07. The van der Waals surface area contributed by atoms with Crippen LogP contribution in [-0.4, -0.2) is 4.92 Å². The Balaban J connectivity index is 1.99. The topological polar surface area (TPSA) is 55.2 Å². The van der Waals surface area contributed by atoms with Gasteiger partial charge in [0.15, 0.2) is 0 Å². The molecular formula is C14H12Br2N2O2. The summed E-state index contributed by atoms with van der Waals surface area (Å²) in [5.41, 5.74) is 1.95. The maximum absolute atomic E-state index is 10.9. The number of nitro benzene ring substituents is 1. The molecule has 0 atom stereocenters. The summed E-state index contributed by atoms with van der Waals surface area (Å²) in [7, 11) is 0. The highest BCUT2D eigenvalue weighted by Crippen LogP contribution is 2.24. The zero-order valence-corrected chi connectivity index (χ0v) is 13.6. The molecule has 0 heterocycles. The van der Waals surface area contributed by atoms with Crippen molar-refractivity contribution >= 4 is 37.5 Å². The van der Waals surface area contributed by atoms with E-state index in [9.17, 15) is 10.1 Å². The molecule has 0 radical (unpaired) electrons. The summed E-state index contributed by atoms with van der Waals surface area (Å²) >= 11 is 6.87. The Labute approximate surface area is 133 Å². The van der Waals surface area contributed by atoms with Crippen LogP contribution in [0.15, 0.2) is 51.4 Å². The molecule has 0 amide bonds. The first kappa shape index (κ1) is 15.2. The van der Waals surface area contributed by atoms with Gasteiger partial charge in [-0.15, -0.1) is 0 Å². The van der Waals surface area contributed by atoms with Gasteiger partial charge >= 0.3 is 0 Å². The predicted molar refractivity (Wildman–Crippen MR) is 85.5 cm³/mol. The van der Waals surface area contributed by atoms with E-state index in [-0.39, 0.29) is 10.6 Å². The minimum absolute atomic E-state index is 0.150. The Hall–Kier alpha value is -1.24. The molecule has 4 nitrogen and oxygen atoms in total. The molecule has 0 aliphatic carbocycles. The summed E-state index contributed by atoms with van der Waals surface area (Å²) < 4.78 is 1.99. The van der Waals surface area contributed by atoms with E-state index in [0.29, 0.717) is 18.7 Å². The lowest BCUT2D eigenvalue weighted by molar-refractivity contribution is -0.385. The number of halogens is 2. The first-order chi connectivity index (χ1) is 9.58. The summed E-state index contributed by atoms with van der Waals surface area (Å²) in [5, 5.41) is 14.1. The summed E-state index contributed by atoms with van der Waals surface area (Å²) in [4.78, 5) is 10.5. The van der Waals surface area contributed by atoms with E-state index in [0.717, 1.165) is 14.5 Å². The summed E-state index contributed by atoms with van der Waals surface area (Å²) in [6.45, 7) is 1.11. The lowest BCUT2D eigenvalue weighted by atomic mass is 10.1. The second-order valence-electron chi connectivity index (χ2n) is 4.24. The standard InChI is InChI=1S/C14H12Br2N2O2/c15-12-6-5-10(7-13(12)16)8-17-9-11-3-1-2-4-14(11)18(19)20/h1-7,17H,8-9H2. The van der Waals surface area contributed by atoms with E-state index in [1.165, 1.54) is 6.07 Å². The average molecular weight is 400 g/mol. The smallest absolute Gasteiger partial charge is 0.273 e. The number of hydrogen-bond donors (Lipinski definition) is 1. The Morgan fingerprint density at radius 2 is 1.80 bits per heavy atom. The molecule has 1 N–H and O–H groups in total. The Bertz CT molecular complexity index is 632. The van der Waals surface area contributed by atoms with Crippen LogP contribution in [0.5, 0.6) is 0 Å². The Morgan fingerprint density at radius 3 is 2.50 bits per heavy atom. The molecular weight excluding hydrogens is 388 g/mol. The fourth-order valence-corrected chi connectivity index (χ4v) is 2.50. The van der Waals surface area contributed by atoms with Crippen LogP contribution < -0.4 is 5.32 Å². The molecule has 2 rings (SSSR count). The summed E-state index contributed by atoms with van der Waals surface area (Å²) in [6, 6.07) is 12.7. The fourth-order valence-electron chi connectivity index (χ4n) is 1.83. The van der Waals surface area contributed by atoms with Gasteiger partial charge in [-0.25, -0.2) is 0 Å². The molecule has 2 aromatic rings. The number of nitrogens with one attached hydrogen (secondary N) is 1. The summed E-state index contributed by atoms with van der Waals surface area (Å²) in [5.74, 6) is 0. The number of nitro groups is 1. The number of nitrogens with zero attached hydrogens (tertiary/aromatic N) is 1. The van der Waals surface area contributed by atoms with Gasteiger partial charge in [0.1, 0.15) is 0 Å². The van der Waals surface area contributed by atoms with E-state index in [4.69, 9.17) is 0 Å². The minimum atomic E-state index is -0.354. The van der Waals surface area contributed by atoms with Crippen LogP contribution in [0.1, 0.15) is 11.1 Å². The molecule has 0 aliphatic heterocycles. The molecule has 0 fully saturated rings. The largest absolute Gasteiger partial charge is 0.308 e. The molecule has 104 valence electrons. The molecule has 0 aliphatic rings. The van der Waals surface area contributed by atoms with E-state index >= 15 is 0 Å². The van der Waals surface area contributed by atoms with E-state index in [1.807, 2.05) is 18.2 Å². The van der Waals surface area contributed by atoms with Gasteiger partial charge in [0.05, 0.1) is 4.92 Å². The van der Waals surface area contributed by atoms with Gasteiger partial charge in [-0.3, -0.25) is 10.1 Å². The van der Waals surface area contributed by atoms with Gasteiger partial charge in [0, 0.05) is 33.7 Å². The third-order valence-electron chi connectivity index (χ3n) is 2.82. The molecule has 0 unspecified atom stereocenters. The summed E-state index contributed by atoms with van der Waals surface area (Å²) in [6.07, 6.45) is 0. The second kappa shape index (κ2) is 6.97. The van der Waals surface area contributed by atoms with Gasteiger partial charge in [-0.2, -0.15) is 0 Å². The van der Waals surface area contributed by atoms with E-state index < -0.39 is 0 Å². The number of rotatable bonds is 5. The monoisotopic (exact) mass is 398 g/mol. The fraction of sp³-hybridized carbons (Fsp3) is 0.143. The zero-order valence-electron chi connectivity index (χ0n) is 10.5. The first-order valence-electron chi connectivity index (χ1n) is 5.95. The zero-order chi connectivity index (χ0) is 14.5. The van der Waals surface area contributed by atoms with Crippen molar-refractivity contribution in [3.8, 4) is 0 Å². The maximum Gasteiger partial charge on any atom is 0.273 e. The van der Waals surface area contributed by atoms with Crippen molar-refractivity contribution < 1.29 is 4.92 Å². The Kier molecular flexibility index (Phi) is 5.28. The highest BCUT2D eigenvalue weighted by molar-refractivity contribution is 9.13. The van der Waals surface area contributed by atoms with E-state index in [2.05, 4.69) is 37.2 Å². The van der Waals surface area contributed by atoms with Crippen molar-refractivity contribution in [3.05, 3.63) is 72.7 Å².